The molecule has 3 heterocycles. The minimum Gasteiger partial charge on any atom is -0.316 e. The number of nitrogens with one attached hydrogen (secondary N) is 2. The van der Waals surface area contributed by atoms with Gasteiger partial charge in [-0.05, 0) is 75.4 Å². The molecule has 4 aliphatic rings. The Kier molecular flexibility index (Phi) is 4.55. The smallest absolute Gasteiger partial charge is 0.250 e. The topological polar surface area (TPSA) is 46.1 Å². The minimum atomic E-state index is 0.166. The molecule has 2 aliphatic carbocycles. The summed E-state index contributed by atoms with van der Waals surface area (Å²) in [4.78, 5) is 11.6. The first-order valence-electron chi connectivity index (χ1n) is 10.5. The summed E-state index contributed by atoms with van der Waals surface area (Å²) in [6, 6.07) is 5.64. The van der Waals surface area contributed by atoms with E-state index in [1.807, 2.05) is 10.6 Å². The molecular formula is C22H35N3O. The van der Waals surface area contributed by atoms with E-state index in [2.05, 4.69) is 44.5 Å². The van der Waals surface area contributed by atoms with Crippen molar-refractivity contribution in [1.82, 2.24) is 15.2 Å². The van der Waals surface area contributed by atoms with Gasteiger partial charge in [0.2, 0.25) is 0 Å². The van der Waals surface area contributed by atoms with Gasteiger partial charge in [0.1, 0.15) is 0 Å². The third kappa shape index (κ3) is 2.68. The van der Waals surface area contributed by atoms with Crippen molar-refractivity contribution in [2.75, 3.05) is 20.1 Å². The fraction of sp³-hybridized carbons (Fsp3) is 0.773. The molecule has 3 unspecified atom stereocenters. The van der Waals surface area contributed by atoms with Crippen LogP contribution in [0.5, 0.6) is 0 Å². The van der Waals surface area contributed by atoms with Crippen molar-refractivity contribution in [3.05, 3.63) is 34.2 Å². The zero-order valence-corrected chi connectivity index (χ0v) is 16.8. The highest BCUT2D eigenvalue weighted by molar-refractivity contribution is 5.16. The summed E-state index contributed by atoms with van der Waals surface area (Å²) in [7, 11) is 2.13. The fourth-order valence-corrected chi connectivity index (χ4v) is 6.38. The summed E-state index contributed by atoms with van der Waals surface area (Å²) in [5.41, 5.74) is 2.29. The lowest BCUT2D eigenvalue weighted by Crippen LogP contribution is -2.55. The highest BCUT2D eigenvalue weighted by Gasteiger charge is 2.59. The van der Waals surface area contributed by atoms with Crippen molar-refractivity contribution in [3.8, 4) is 0 Å². The Morgan fingerprint density at radius 1 is 1.12 bits per heavy atom. The molecule has 4 nitrogen and oxygen atoms in total. The van der Waals surface area contributed by atoms with Crippen LogP contribution in [0.15, 0.2) is 23.0 Å². The van der Waals surface area contributed by atoms with Crippen LogP contribution in [0.4, 0.5) is 0 Å². The zero-order valence-electron chi connectivity index (χ0n) is 16.8. The molecule has 1 aromatic rings. The van der Waals surface area contributed by atoms with Crippen LogP contribution in [0.2, 0.25) is 0 Å². The standard InChI is InChI=1S/C11H14N2O.C11H21N/c14-11-3-1-2-10-9-4-8(5-12-6-9)7-13(10)11;1-10(2)8-5-6-9(7-8)11(10,3)12-4/h1-3,8-9,12H,4-7H2;8-9,12H,5-7H2,1-4H3/t8-,9+;/m0./s1. The van der Waals surface area contributed by atoms with Crippen molar-refractivity contribution >= 4 is 0 Å². The van der Waals surface area contributed by atoms with Gasteiger partial charge >= 0.3 is 0 Å². The number of pyridine rings is 1. The van der Waals surface area contributed by atoms with E-state index < -0.39 is 0 Å². The van der Waals surface area contributed by atoms with E-state index in [9.17, 15) is 4.79 Å². The molecule has 2 saturated carbocycles. The van der Waals surface area contributed by atoms with Gasteiger partial charge in [0.25, 0.3) is 5.56 Å². The van der Waals surface area contributed by atoms with Gasteiger partial charge in [0.15, 0.2) is 0 Å². The Morgan fingerprint density at radius 2 is 1.88 bits per heavy atom. The molecule has 0 aromatic carbocycles. The van der Waals surface area contributed by atoms with E-state index >= 15 is 0 Å². The lowest BCUT2D eigenvalue weighted by atomic mass is 9.64. The first kappa shape index (κ1) is 18.2. The molecule has 1 aromatic heterocycles. The second-order valence-electron chi connectivity index (χ2n) is 9.74. The average molecular weight is 358 g/mol. The second kappa shape index (κ2) is 6.49. The van der Waals surface area contributed by atoms with Crippen molar-refractivity contribution in [2.45, 2.75) is 64.5 Å². The first-order chi connectivity index (χ1) is 12.4. The van der Waals surface area contributed by atoms with Crippen LogP contribution in [0.25, 0.3) is 0 Å². The molecule has 4 heteroatoms. The lowest BCUT2D eigenvalue weighted by molar-refractivity contribution is 0.0732. The molecule has 3 fully saturated rings. The van der Waals surface area contributed by atoms with Crippen molar-refractivity contribution < 1.29 is 0 Å². The molecule has 5 rings (SSSR count). The highest BCUT2D eigenvalue weighted by Crippen LogP contribution is 2.61. The molecule has 144 valence electrons. The number of nitrogens with zero attached hydrogens (tertiary/aromatic N) is 1. The fourth-order valence-electron chi connectivity index (χ4n) is 6.38. The van der Waals surface area contributed by atoms with Gasteiger partial charge in [-0.25, -0.2) is 0 Å². The van der Waals surface area contributed by atoms with Gasteiger partial charge in [-0.3, -0.25) is 4.79 Å². The van der Waals surface area contributed by atoms with E-state index in [1.54, 1.807) is 6.07 Å². The number of fused-ring (bicyclic) bond motifs is 6. The van der Waals surface area contributed by atoms with E-state index in [-0.39, 0.29) is 5.56 Å². The largest absolute Gasteiger partial charge is 0.316 e. The van der Waals surface area contributed by atoms with Gasteiger partial charge in [-0.1, -0.05) is 19.9 Å². The SMILES string of the molecule is CNC1(C)C2CCC(C2)C1(C)C.O=c1cccc2n1C[C@@H]1CNC[C@H]2C1. The molecule has 4 bridgehead atoms. The van der Waals surface area contributed by atoms with Crippen LogP contribution in [0.1, 0.15) is 58.1 Å². The van der Waals surface area contributed by atoms with Crippen molar-refractivity contribution in [1.29, 1.82) is 0 Å². The molecule has 0 radical (unpaired) electrons. The molecule has 0 amide bonds. The Balaban J connectivity index is 0.000000131. The van der Waals surface area contributed by atoms with Gasteiger partial charge in [0, 0.05) is 36.3 Å². The van der Waals surface area contributed by atoms with Crippen LogP contribution in [-0.4, -0.2) is 30.2 Å². The molecule has 2 aliphatic heterocycles. The zero-order chi connectivity index (χ0) is 18.5. The number of hydrogen-bond acceptors (Lipinski definition) is 3. The average Bonchev–Trinajstić information content (AvgIpc) is 3.19. The van der Waals surface area contributed by atoms with E-state index in [1.165, 1.54) is 31.4 Å². The van der Waals surface area contributed by atoms with Crippen LogP contribution < -0.4 is 16.2 Å². The number of aromatic nitrogens is 1. The van der Waals surface area contributed by atoms with E-state index in [4.69, 9.17) is 0 Å². The highest BCUT2D eigenvalue weighted by atomic mass is 16.1. The summed E-state index contributed by atoms with van der Waals surface area (Å²) >= 11 is 0. The maximum Gasteiger partial charge on any atom is 0.250 e. The first-order valence-corrected chi connectivity index (χ1v) is 10.5. The van der Waals surface area contributed by atoms with Crippen molar-refractivity contribution in [3.63, 3.8) is 0 Å². The van der Waals surface area contributed by atoms with Gasteiger partial charge in [-0.15, -0.1) is 0 Å². The Hall–Kier alpha value is -1.13. The quantitative estimate of drug-likeness (QED) is 0.812. The molecule has 2 N–H and O–H groups in total. The van der Waals surface area contributed by atoms with Crippen LogP contribution >= 0.6 is 0 Å². The predicted molar refractivity (Wildman–Crippen MR) is 106 cm³/mol. The number of piperidine rings is 1. The minimum absolute atomic E-state index is 0.166. The van der Waals surface area contributed by atoms with Gasteiger partial charge in [0.05, 0.1) is 0 Å². The third-order valence-electron chi connectivity index (χ3n) is 8.51. The summed E-state index contributed by atoms with van der Waals surface area (Å²) in [5, 5.41) is 6.99. The van der Waals surface area contributed by atoms with Gasteiger partial charge < -0.3 is 15.2 Å². The van der Waals surface area contributed by atoms with Gasteiger partial charge in [-0.2, -0.15) is 0 Å². The van der Waals surface area contributed by atoms with Crippen LogP contribution in [0.3, 0.4) is 0 Å². The summed E-state index contributed by atoms with van der Waals surface area (Å²) in [6.07, 6.45) is 5.63. The maximum atomic E-state index is 11.6. The summed E-state index contributed by atoms with van der Waals surface area (Å²) < 4.78 is 1.96. The van der Waals surface area contributed by atoms with Crippen LogP contribution in [0, 0.1) is 23.2 Å². The number of rotatable bonds is 1. The Morgan fingerprint density at radius 3 is 2.54 bits per heavy atom. The molecule has 5 atom stereocenters. The van der Waals surface area contributed by atoms with E-state index in [0.29, 0.717) is 22.8 Å². The van der Waals surface area contributed by atoms with Crippen molar-refractivity contribution in [2.24, 2.45) is 23.2 Å². The monoisotopic (exact) mass is 357 g/mol. The van der Waals surface area contributed by atoms with Crippen LogP contribution in [-0.2, 0) is 6.54 Å². The molecule has 26 heavy (non-hydrogen) atoms. The molecule has 1 saturated heterocycles. The maximum absolute atomic E-state index is 11.6. The number of hydrogen-bond donors (Lipinski definition) is 2. The second-order valence-corrected chi connectivity index (χ2v) is 9.74. The molecular weight excluding hydrogens is 322 g/mol. The normalized spacial score (nSPS) is 39.1. The molecule has 0 spiro atoms. The lowest BCUT2D eigenvalue weighted by Gasteiger charge is -2.47. The summed E-state index contributed by atoms with van der Waals surface area (Å²) in [5.74, 6) is 3.11. The Labute approximate surface area is 157 Å². The summed E-state index contributed by atoms with van der Waals surface area (Å²) in [6.45, 7) is 10.3. The van der Waals surface area contributed by atoms with E-state index in [0.717, 1.165) is 31.5 Å². The predicted octanol–water partition coefficient (Wildman–Crippen LogP) is 2.98. The Bertz CT molecular complexity index is 724. The third-order valence-corrected chi connectivity index (χ3v) is 8.51.